The minimum atomic E-state index is -0.333. The van der Waals surface area contributed by atoms with E-state index in [0.29, 0.717) is 18.7 Å². The van der Waals surface area contributed by atoms with Gasteiger partial charge in [0.1, 0.15) is 5.82 Å². The van der Waals surface area contributed by atoms with E-state index in [9.17, 15) is 4.39 Å². The topological polar surface area (TPSA) is 35.2 Å². The van der Waals surface area contributed by atoms with Gasteiger partial charge in [-0.15, -0.1) is 0 Å². The summed E-state index contributed by atoms with van der Waals surface area (Å²) in [5.41, 5.74) is 7.08. The van der Waals surface area contributed by atoms with E-state index in [2.05, 4.69) is 0 Å². The summed E-state index contributed by atoms with van der Waals surface area (Å²) in [5.74, 6) is -0.250. The number of benzene rings is 1. The number of aryl methyl sites for hydroxylation is 1. The lowest BCUT2D eigenvalue weighted by Crippen LogP contribution is -2.17. The monoisotopic (exact) mass is 197 g/mol. The van der Waals surface area contributed by atoms with Crippen LogP contribution in [0.15, 0.2) is 18.2 Å². The van der Waals surface area contributed by atoms with Crippen molar-refractivity contribution in [3.8, 4) is 0 Å². The number of hydrogen-bond acceptors (Lipinski definition) is 2. The van der Waals surface area contributed by atoms with E-state index in [1.807, 2.05) is 13.8 Å². The fourth-order valence-electron chi connectivity index (χ4n) is 1.40. The molecule has 0 fully saturated rings. The van der Waals surface area contributed by atoms with Crippen molar-refractivity contribution in [2.24, 2.45) is 5.73 Å². The number of ether oxygens (including phenoxy) is 1. The summed E-state index contributed by atoms with van der Waals surface area (Å²) in [4.78, 5) is 0. The first-order chi connectivity index (χ1) is 6.69. The molecule has 78 valence electrons. The molecule has 1 aromatic rings. The van der Waals surface area contributed by atoms with Crippen LogP contribution < -0.4 is 5.73 Å². The molecule has 0 amide bonds. The van der Waals surface area contributed by atoms with Gasteiger partial charge in [-0.3, -0.25) is 0 Å². The van der Waals surface area contributed by atoms with Crippen LogP contribution in [0.2, 0.25) is 0 Å². The van der Waals surface area contributed by atoms with Crippen LogP contribution in [0.3, 0.4) is 0 Å². The van der Waals surface area contributed by atoms with Gasteiger partial charge in [-0.05, 0) is 19.9 Å². The van der Waals surface area contributed by atoms with E-state index in [1.165, 1.54) is 6.07 Å². The highest BCUT2D eigenvalue weighted by Gasteiger charge is 2.13. The van der Waals surface area contributed by atoms with Crippen LogP contribution in [-0.2, 0) is 4.74 Å². The van der Waals surface area contributed by atoms with Crippen LogP contribution in [0.4, 0.5) is 4.39 Å². The summed E-state index contributed by atoms with van der Waals surface area (Å²) in [5, 5.41) is 0. The van der Waals surface area contributed by atoms with Gasteiger partial charge in [0.2, 0.25) is 0 Å². The lowest BCUT2D eigenvalue weighted by Gasteiger charge is -2.16. The Balaban J connectivity index is 2.96. The Bertz CT molecular complexity index is 301. The third-order valence-electron chi connectivity index (χ3n) is 2.08. The minimum absolute atomic E-state index is 0.250. The molecule has 0 radical (unpaired) electrons. The number of hydrogen-bond donors (Lipinski definition) is 1. The average Bonchev–Trinajstić information content (AvgIpc) is 2.18. The van der Waals surface area contributed by atoms with Crippen molar-refractivity contribution in [1.82, 2.24) is 0 Å². The second-order valence-corrected chi connectivity index (χ2v) is 3.20. The molecule has 2 nitrogen and oxygen atoms in total. The van der Waals surface area contributed by atoms with Gasteiger partial charge in [0.15, 0.2) is 0 Å². The molecule has 0 saturated carbocycles. The molecule has 0 aliphatic heterocycles. The maximum absolute atomic E-state index is 13.4. The Morgan fingerprint density at radius 2 is 2.21 bits per heavy atom. The van der Waals surface area contributed by atoms with Gasteiger partial charge >= 0.3 is 0 Å². The van der Waals surface area contributed by atoms with E-state index in [4.69, 9.17) is 10.5 Å². The van der Waals surface area contributed by atoms with E-state index in [-0.39, 0.29) is 11.9 Å². The van der Waals surface area contributed by atoms with Gasteiger partial charge in [-0.25, -0.2) is 4.39 Å². The van der Waals surface area contributed by atoms with Crippen molar-refractivity contribution in [3.63, 3.8) is 0 Å². The molecule has 0 heterocycles. The lowest BCUT2D eigenvalue weighted by atomic mass is 10.1. The second kappa shape index (κ2) is 5.08. The normalized spacial score (nSPS) is 12.9. The molecule has 1 rings (SSSR count). The first kappa shape index (κ1) is 11.1. The summed E-state index contributed by atoms with van der Waals surface area (Å²) in [6.45, 7) is 4.63. The third-order valence-corrected chi connectivity index (χ3v) is 2.08. The van der Waals surface area contributed by atoms with Crippen LogP contribution in [-0.4, -0.2) is 13.2 Å². The van der Waals surface area contributed by atoms with E-state index < -0.39 is 0 Å². The van der Waals surface area contributed by atoms with E-state index in [0.717, 1.165) is 5.56 Å². The predicted octanol–water partition coefficient (Wildman–Crippen LogP) is 2.17. The van der Waals surface area contributed by atoms with Crippen molar-refractivity contribution in [2.45, 2.75) is 20.0 Å². The Kier molecular flexibility index (Phi) is 4.04. The first-order valence-electron chi connectivity index (χ1n) is 4.76. The second-order valence-electron chi connectivity index (χ2n) is 3.20. The molecule has 1 aromatic carbocycles. The molecule has 14 heavy (non-hydrogen) atoms. The van der Waals surface area contributed by atoms with Gasteiger partial charge in [-0.2, -0.15) is 0 Å². The summed E-state index contributed by atoms with van der Waals surface area (Å²) < 4.78 is 18.7. The minimum Gasteiger partial charge on any atom is -0.372 e. The molecule has 1 atom stereocenters. The van der Waals surface area contributed by atoms with Crippen LogP contribution in [0.1, 0.15) is 24.2 Å². The zero-order chi connectivity index (χ0) is 10.6. The van der Waals surface area contributed by atoms with Crippen molar-refractivity contribution < 1.29 is 9.13 Å². The summed E-state index contributed by atoms with van der Waals surface area (Å²) >= 11 is 0. The van der Waals surface area contributed by atoms with Gasteiger partial charge in [-0.1, -0.05) is 17.7 Å². The smallest absolute Gasteiger partial charge is 0.129 e. The molecule has 0 aliphatic rings. The van der Waals surface area contributed by atoms with Gasteiger partial charge < -0.3 is 10.5 Å². The maximum Gasteiger partial charge on any atom is 0.129 e. The first-order valence-corrected chi connectivity index (χ1v) is 4.76. The number of nitrogens with two attached hydrogens (primary N) is 1. The fourth-order valence-corrected chi connectivity index (χ4v) is 1.40. The quantitative estimate of drug-likeness (QED) is 0.802. The van der Waals surface area contributed by atoms with Crippen LogP contribution in [0.25, 0.3) is 0 Å². The molecule has 0 aliphatic carbocycles. The van der Waals surface area contributed by atoms with Gasteiger partial charge in [0, 0.05) is 18.7 Å². The highest BCUT2D eigenvalue weighted by molar-refractivity contribution is 5.26. The van der Waals surface area contributed by atoms with E-state index >= 15 is 0 Å². The molecule has 1 unspecified atom stereocenters. The van der Waals surface area contributed by atoms with Gasteiger partial charge in [0.05, 0.1) is 6.10 Å². The number of rotatable bonds is 4. The van der Waals surface area contributed by atoms with Crippen molar-refractivity contribution in [1.29, 1.82) is 0 Å². The largest absolute Gasteiger partial charge is 0.372 e. The predicted molar refractivity (Wildman–Crippen MR) is 54.6 cm³/mol. The van der Waals surface area contributed by atoms with Crippen LogP contribution in [0.5, 0.6) is 0 Å². The van der Waals surface area contributed by atoms with Crippen LogP contribution in [0, 0.1) is 12.7 Å². The Morgan fingerprint density at radius 1 is 1.50 bits per heavy atom. The Hall–Kier alpha value is -0.930. The molecule has 0 saturated heterocycles. The SMILES string of the molecule is CCOC(CN)c1cc(C)ccc1F. The average molecular weight is 197 g/mol. The molecule has 2 N–H and O–H groups in total. The number of halogens is 1. The highest BCUT2D eigenvalue weighted by atomic mass is 19.1. The lowest BCUT2D eigenvalue weighted by molar-refractivity contribution is 0.0662. The molecule has 0 spiro atoms. The molecule has 0 bridgehead atoms. The zero-order valence-corrected chi connectivity index (χ0v) is 8.59. The Morgan fingerprint density at radius 3 is 2.79 bits per heavy atom. The maximum atomic E-state index is 13.4. The standard InChI is InChI=1S/C11H16FNO/c1-3-14-11(7-13)9-6-8(2)4-5-10(9)12/h4-6,11H,3,7,13H2,1-2H3. The Labute approximate surface area is 83.9 Å². The molecular weight excluding hydrogens is 181 g/mol. The summed E-state index contributed by atoms with van der Waals surface area (Å²) in [6.07, 6.45) is -0.333. The highest BCUT2D eigenvalue weighted by Crippen LogP contribution is 2.20. The third kappa shape index (κ3) is 2.53. The summed E-state index contributed by atoms with van der Waals surface area (Å²) in [7, 11) is 0. The van der Waals surface area contributed by atoms with Crippen molar-refractivity contribution in [3.05, 3.63) is 35.1 Å². The van der Waals surface area contributed by atoms with Crippen molar-refractivity contribution in [2.75, 3.05) is 13.2 Å². The zero-order valence-electron chi connectivity index (χ0n) is 8.59. The molecule has 0 aromatic heterocycles. The van der Waals surface area contributed by atoms with E-state index in [1.54, 1.807) is 12.1 Å². The molecular formula is C11H16FNO. The van der Waals surface area contributed by atoms with Gasteiger partial charge in [0.25, 0.3) is 0 Å². The van der Waals surface area contributed by atoms with Crippen LogP contribution >= 0.6 is 0 Å². The fraction of sp³-hybridized carbons (Fsp3) is 0.455. The van der Waals surface area contributed by atoms with Crippen molar-refractivity contribution >= 4 is 0 Å². The summed E-state index contributed by atoms with van der Waals surface area (Å²) in [6, 6.07) is 4.97. The molecule has 3 heteroatoms.